The van der Waals surface area contributed by atoms with E-state index in [1.54, 1.807) is 11.3 Å². The van der Waals surface area contributed by atoms with Gasteiger partial charge in [-0.05, 0) is 37.0 Å². The second-order valence-corrected chi connectivity index (χ2v) is 6.85. The van der Waals surface area contributed by atoms with Crippen molar-refractivity contribution in [3.05, 3.63) is 64.9 Å². The van der Waals surface area contributed by atoms with Gasteiger partial charge in [0.1, 0.15) is 11.9 Å². The second kappa shape index (κ2) is 7.13. The topological polar surface area (TPSA) is 38.5 Å². The lowest BCUT2D eigenvalue weighted by molar-refractivity contribution is 0.152. The average Bonchev–Trinajstić information content (AvgIpc) is 3.08. The van der Waals surface area contributed by atoms with Crippen LogP contribution in [0.15, 0.2) is 60.0 Å². The van der Waals surface area contributed by atoms with Gasteiger partial charge in [0.25, 0.3) is 0 Å². The minimum atomic E-state index is -0.0444. The molecule has 3 rings (SSSR count). The molecule has 4 heteroatoms. The number of benzene rings is 2. The molecule has 0 spiro atoms. The van der Waals surface area contributed by atoms with Crippen LogP contribution in [-0.2, 0) is 0 Å². The molecule has 120 valence electrons. The van der Waals surface area contributed by atoms with Crippen LogP contribution in [0.1, 0.15) is 17.4 Å². The lowest BCUT2D eigenvalue weighted by Crippen LogP contribution is -2.38. The normalized spacial score (nSPS) is 14.1. The van der Waals surface area contributed by atoms with Gasteiger partial charge >= 0.3 is 0 Å². The van der Waals surface area contributed by atoms with Gasteiger partial charge in [-0.1, -0.05) is 42.5 Å². The first kappa shape index (κ1) is 16.0. The van der Waals surface area contributed by atoms with Crippen LogP contribution in [-0.4, -0.2) is 25.2 Å². The number of thiophene rings is 1. The molecule has 2 N–H and O–H groups in total. The summed E-state index contributed by atoms with van der Waals surface area (Å²) < 4.78 is 6.40. The summed E-state index contributed by atoms with van der Waals surface area (Å²) in [5.41, 5.74) is 6.24. The minimum Gasteiger partial charge on any atom is -0.484 e. The Labute approximate surface area is 141 Å². The van der Waals surface area contributed by atoms with E-state index < -0.39 is 0 Å². The Bertz CT molecular complexity index is 750. The van der Waals surface area contributed by atoms with Crippen LogP contribution in [0.2, 0.25) is 0 Å². The molecule has 1 aromatic heterocycles. The highest BCUT2D eigenvalue weighted by Crippen LogP contribution is 2.33. The van der Waals surface area contributed by atoms with Crippen LogP contribution in [0.3, 0.4) is 0 Å². The summed E-state index contributed by atoms with van der Waals surface area (Å²) >= 11 is 1.71. The van der Waals surface area contributed by atoms with Crippen molar-refractivity contribution in [2.24, 2.45) is 5.73 Å². The van der Waals surface area contributed by atoms with Crippen molar-refractivity contribution in [3.8, 4) is 5.75 Å². The number of nitrogens with zero attached hydrogens (tertiary/aromatic N) is 1. The third-order valence-corrected chi connectivity index (χ3v) is 4.96. The number of fused-ring (bicyclic) bond motifs is 1. The molecule has 0 aliphatic heterocycles. The maximum Gasteiger partial charge on any atom is 0.136 e. The Morgan fingerprint density at radius 3 is 2.57 bits per heavy atom. The highest BCUT2D eigenvalue weighted by atomic mass is 32.1. The number of hydrogen-bond donors (Lipinski definition) is 1. The average molecular weight is 326 g/mol. The van der Waals surface area contributed by atoms with Crippen LogP contribution in [0.25, 0.3) is 10.8 Å². The molecule has 0 aliphatic rings. The highest BCUT2D eigenvalue weighted by molar-refractivity contribution is 7.10. The Kier molecular flexibility index (Phi) is 4.96. The van der Waals surface area contributed by atoms with E-state index in [4.69, 9.17) is 10.5 Å². The van der Waals surface area contributed by atoms with E-state index in [1.165, 1.54) is 10.3 Å². The standard InChI is InChI=1S/C19H22N2OS/c1-21(2)19(20)13-17(18-11-6-12-23-18)22-16-10-5-8-14-7-3-4-9-15(14)16/h3-12,17,19H,13,20H2,1-2H3. The third kappa shape index (κ3) is 3.72. The van der Waals surface area contributed by atoms with Gasteiger partial charge in [-0.3, -0.25) is 4.90 Å². The molecule has 0 saturated carbocycles. The number of rotatable bonds is 6. The molecular weight excluding hydrogens is 304 g/mol. The lowest BCUT2D eigenvalue weighted by atomic mass is 10.1. The summed E-state index contributed by atoms with van der Waals surface area (Å²) in [7, 11) is 3.99. The first-order chi connectivity index (χ1) is 11.1. The van der Waals surface area contributed by atoms with E-state index in [9.17, 15) is 0 Å². The minimum absolute atomic E-state index is 0.0433. The Balaban J connectivity index is 1.91. The molecule has 3 nitrogen and oxygen atoms in total. The van der Waals surface area contributed by atoms with Gasteiger partial charge in [0, 0.05) is 16.7 Å². The maximum atomic E-state index is 6.40. The van der Waals surface area contributed by atoms with E-state index in [2.05, 4.69) is 35.7 Å². The van der Waals surface area contributed by atoms with Crippen molar-refractivity contribution >= 4 is 22.1 Å². The van der Waals surface area contributed by atoms with Gasteiger partial charge in [-0.15, -0.1) is 11.3 Å². The van der Waals surface area contributed by atoms with E-state index >= 15 is 0 Å². The third-order valence-electron chi connectivity index (χ3n) is 4.00. The van der Waals surface area contributed by atoms with Crippen LogP contribution in [0, 0.1) is 0 Å². The molecule has 2 aromatic carbocycles. The number of nitrogens with two attached hydrogens (primary N) is 1. The van der Waals surface area contributed by atoms with Crippen molar-refractivity contribution in [3.63, 3.8) is 0 Å². The molecule has 23 heavy (non-hydrogen) atoms. The van der Waals surface area contributed by atoms with Gasteiger partial charge in [0.2, 0.25) is 0 Å². The van der Waals surface area contributed by atoms with Gasteiger partial charge in [0.05, 0.1) is 6.17 Å². The number of hydrogen-bond acceptors (Lipinski definition) is 4. The molecule has 2 atom stereocenters. The monoisotopic (exact) mass is 326 g/mol. The van der Waals surface area contributed by atoms with Gasteiger partial charge in [-0.2, -0.15) is 0 Å². The van der Waals surface area contributed by atoms with Gasteiger partial charge in [0.15, 0.2) is 0 Å². The Hall–Kier alpha value is -1.88. The van der Waals surface area contributed by atoms with Crippen molar-refractivity contribution in [1.29, 1.82) is 0 Å². The smallest absolute Gasteiger partial charge is 0.136 e. The molecular formula is C19H22N2OS. The largest absolute Gasteiger partial charge is 0.484 e. The summed E-state index contributed by atoms with van der Waals surface area (Å²) in [6.07, 6.45) is 0.659. The van der Waals surface area contributed by atoms with E-state index in [1.807, 2.05) is 43.3 Å². The van der Waals surface area contributed by atoms with E-state index in [-0.39, 0.29) is 12.3 Å². The molecule has 0 amide bonds. The predicted octanol–water partition coefficient (Wildman–Crippen LogP) is 4.26. The first-order valence-electron chi connectivity index (χ1n) is 7.75. The maximum absolute atomic E-state index is 6.40. The summed E-state index contributed by atoms with van der Waals surface area (Å²) in [5.74, 6) is 0.910. The van der Waals surface area contributed by atoms with Crippen molar-refractivity contribution in [1.82, 2.24) is 4.90 Å². The Morgan fingerprint density at radius 1 is 1.04 bits per heavy atom. The van der Waals surface area contributed by atoms with Crippen molar-refractivity contribution in [2.45, 2.75) is 18.7 Å². The summed E-state index contributed by atoms with van der Waals surface area (Å²) in [6.45, 7) is 0. The lowest BCUT2D eigenvalue weighted by Gasteiger charge is -2.26. The van der Waals surface area contributed by atoms with Crippen LogP contribution >= 0.6 is 11.3 Å². The zero-order chi connectivity index (χ0) is 16.2. The van der Waals surface area contributed by atoms with Crippen molar-refractivity contribution < 1.29 is 4.74 Å². The van der Waals surface area contributed by atoms with E-state index in [0.717, 1.165) is 17.6 Å². The fraction of sp³-hybridized carbons (Fsp3) is 0.263. The molecule has 0 bridgehead atoms. The molecule has 0 saturated heterocycles. The zero-order valence-corrected chi connectivity index (χ0v) is 14.3. The van der Waals surface area contributed by atoms with Crippen LogP contribution < -0.4 is 10.5 Å². The highest BCUT2D eigenvalue weighted by Gasteiger charge is 2.20. The van der Waals surface area contributed by atoms with Gasteiger partial charge < -0.3 is 10.5 Å². The quantitative estimate of drug-likeness (QED) is 0.688. The molecule has 0 aliphatic carbocycles. The molecule has 0 fully saturated rings. The van der Waals surface area contributed by atoms with Crippen LogP contribution in [0.5, 0.6) is 5.75 Å². The van der Waals surface area contributed by atoms with Crippen LogP contribution in [0.4, 0.5) is 0 Å². The van der Waals surface area contributed by atoms with Crippen molar-refractivity contribution in [2.75, 3.05) is 14.1 Å². The predicted molar refractivity (Wildman–Crippen MR) is 97.9 cm³/mol. The second-order valence-electron chi connectivity index (χ2n) is 5.87. The SMILES string of the molecule is CN(C)C(N)CC(Oc1cccc2ccccc12)c1cccs1. The van der Waals surface area contributed by atoms with E-state index in [0.29, 0.717) is 0 Å². The fourth-order valence-electron chi connectivity index (χ4n) is 2.58. The number of ether oxygens (including phenoxy) is 1. The summed E-state index contributed by atoms with van der Waals surface area (Å²) in [6, 6.07) is 18.6. The molecule has 1 heterocycles. The molecule has 3 aromatic rings. The zero-order valence-electron chi connectivity index (χ0n) is 13.5. The first-order valence-corrected chi connectivity index (χ1v) is 8.63. The van der Waals surface area contributed by atoms with Gasteiger partial charge in [-0.25, -0.2) is 0 Å². The Morgan fingerprint density at radius 2 is 1.83 bits per heavy atom. The fourth-order valence-corrected chi connectivity index (χ4v) is 3.35. The molecule has 2 unspecified atom stereocenters. The molecule has 0 radical (unpaired) electrons. The summed E-state index contributed by atoms with van der Waals surface area (Å²) in [4.78, 5) is 3.22. The summed E-state index contributed by atoms with van der Waals surface area (Å²) in [5, 5.41) is 4.40.